The molecule has 1 atom stereocenters. The van der Waals surface area contributed by atoms with Crippen molar-refractivity contribution >= 4 is 140 Å². The molecule has 0 saturated heterocycles. The van der Waals surface area contributed by atoms with E-state index in [0.29, 0.717) is 57.1 Å². The number of Topliss-reactive ketones (excluding diaryl/α,β-unsaturated/α-hetero) is 3. The fraction of sp³-hybridized carbons (Fsp3) is 0.191. The van der Waals surface area contributed by atoms with Gasteiger partial charge in [-0.2, -0.15) is 18.2 Å². The molecule has 1 unspecified atom stereocenters. The number of ketones is 3. The first kappa shape index (κ1) is 86.3. The Hall–Kier alpha value is -8.72. The molecule has 0 aliphatic carbocycles. The largest absolute Gasteiger partial charge is 2.00 e. The van der Waals surface area contributed by atoms with Crippen LogP contribution >= 0.6 is 33.0 Å². The van der Waals surface area contributed by atoms with Crippen LogP contribution in [-0.2, 0) is 48.4 Å². The molecule has 3 N–H and O–H groups in total. The minimum absolute atomic E-state index is 0. The summed E-state index contributed by atoms with van der Waals surface area (Å²) in [4.78, 5) is 78.4. The minimum atomic E-state index is -1.77. The third kappa shape index (κ3) is 31.4. The quantitative estimate of drug-likeness (QED) is 0.0294. The summed E-state index contributed by atoms with van der Waals surface area (Å²) in [5, 5.41) is 21.3. The van der Waals surface area contributed by atoms with E-state index in [2.05, 4.69) is 44.3 Å². The van der Waals surface area contributed by atoms with Gasteiger partial charge in [-0.15, -0.1) is 12.1 Å². The summed E-state index contributed by atoms with van der Waals surface area (Å²) in [5.41, 5.74) is 3.11. The van der Waals surface area contributed by atoms with E-state index in [0.717, 1.165) is 42.5 Å². The van der Waals surface area contributed by atoms with E-state index in [1.54, 1.807) is 178 Å². The number of carbonyl (C=O) groups excluding carboxylic acids is 6. The van der Waals surface area contributed by atoms with Crippen LogP contribution in [0.4, 0.5) is 34.1 Å². The van der Waals surface area contributed by atoms with Crippen LogP contribution in [0, 0.1) is 6.07 Å². The number of nitrogens with zero attached hydrogens (tertiary/aromatic N) is 2. The van der Waals surface area contributed by atoms with Gasteiger partial charge in [0.15, 0.2) is 5.60 Å². The smallest absolute Gasteiger partial charge is 1.00 e. The van der Waals surface area contributed by atoms with Crippen LogP contribution in [0.5, 0.6) is 46.0 Å². The molecule has 8 rings (SSSR count). The number of benzene rings is 8. The number of nitrogens with one attached hydrogen (secondary N) is 1. The first-order chi connectivity index (χ1) is 44.2. The van der Waals surface area contributed by atoms with Gasteiger partial charge in [0.05, 0.1) is 56.9 Å². The van der Waals surface area contributed by atoms with Gasteiger partial charge in [0.1, 0.15) is 40.2 Å². The number of hydrogen-bond donors (Lipinski definition) is 3. The van der Waals surface area contributed by atoms with Crippen LogP contribution in [-0.4, -0.2) is 135 Å². The minimum Gasteiger partial charge on any atom is -1.00 e. The number of hydrogen-bond acceptors (Lipinski definition) is 18. The Morgan fingerprint density at radius 1 is 0.432 bits per heavy atom. The van der Waals surface area contributed by atoms with Gasteiger partial charge in [0.2, 0.25) is 26.6 Å². The molecule has 8 aromatic rings. The summed E-state index contributed by atoms with van der Waals surface area (Å²) >= 11 is 4.62. The van der Waals surface area contributed by atoms with Crippen molar-refractivity contribution < 1.29 is 103 Å². The van der Waals surface area contributed by atoms with E-state index < -0.39 is 55.2 Å². The summed E-state index contributed by atoms with van der Waals surface area (Å²) in [6.07, 6.45) is 0. The van der Waals surface area contributed by atoms with Crippen LogP contribution in [0.25, 0.3) is 0 Å². The third-order valence-electron chi connectivity index (χ3n) is 12.1. The first-order valence-corrected chi connectivity index (χ1v) is 30.3. The molecule has 0 spiro atoms. The number of aliphatic carboxylic acids is 1. The van der Waals surface area contributed by atoms with Crippen LogP contribution in [0.15, 0.2) is 194 Å². The third-order valence-corrected chi connectivity index (χ3v) is 12.3. The van der Waals surface area contributed by atoms with Gasteiger partial charge in [-0.1, -0.05) is 12.1 Å². The zero-order chi connectivity index (χ0) is 69.6. The summed E-state index contributed by atoms with van der Waals surface area (Å²) in [7, 11) is 20.2. The van der Waals surface area contributed by atoms with Gasteiger partial charge < -0.3 is 70.4 Å². The number of carbonyl (C=O) groups is 7. The molecule has 8 aromatic carbocycles. The molecule has 0 aromatic heterocycles. The molecule has 2 amide bonds. The zero-order valence-corrected chi connectivity index (χ0v) is 60.0. The van der Waals surface area contributed by atoms with Crippen LogP contribution < -0.4 is 70.0 Å². The second-order valence-electron chi connectivity index (χ2n) is 18.3. The molecule has 0 bridgehead atoms. The SMILES string of the molecule is CC(=O)C(=O)Cl.CC(=O)C(=O)O.COc1cc[c-]cc1.COc1ccc(N(C(=O)C(C)(O)c2ccc(OC)cc2)c2ccc(OC)cc2)cc1.COc1ccc(N(C(=O)C(C)=O)c2ccc(OC)cc2)cc1.COc1ccc(Nc2ccc(OC)cc2)cc1.O=S(Cl)Cl.[Br-].[Mg+2]. The number of aliphatic hydroxyl groups is 1. The van der Waals surface area contributed by atoms with Crippen LogP contribution in [0.2, 0.25) is 0 Å². The van der Waals surface area contributed by atoms with E-state index in [4.69, 9.17) is 47.2 Å². The number of methoxy groups -OCH3 is 8. The molecule has 0 radical (unpaired) electrons. The maximum Gasteiger partial charge on any atom is 2.00 e. The molecule has 21 nitrogen and oxygen atoms in total. The fourth-order valence-electron chi connectivity index (χ4n) is 7.13. The molecule has 0 heterocycles. The van der Waals surface area contributed by atoms with E-state index in [1.807, 2.05) is 72.8 Å². The van der Waals surface area contributed by atoms with Gasteiger partial charge in [-0.25, -0.2) is 9.00 Å². The summed E-state index contributed by atoms with van der Waals surface area (Å²) in [6.45, 7) is 4.86. The molecule has 0 fully saturated rings. The predicted octanol–water partition coefficient (Wildman–Crippen LogP) is 9.85. The number of ether oxygens (including phenoxy) is 8. The topological polar surface area (TPSA) is 269 Å². The van der Waals surface area contributed by atoms with Gasteiger partial charge in [0.25, 0.3) is 17.1 Å². The molecule has 502 valence electrons. The maximum absolute atomic E-state index is 13.6. The second-order valence-corrected chi connectivity index (χ2v) is 21.2. The Bertz CT molecular complexity index is 3430. The van der Waals surface area contributed by atoms with E-state index in [-0.39, 0.29) is 40.0 Å². The number of amides is 2. The fourth-order valence-corrected chi connectivity index (χ4v) is 7.13. The number of carboxylic acids is 1. The Labute approximate surface area is 595 Å². The van der Waals surface area contributed by atoms with E-state index >= 15 is 0 Å². The van der Waals surface area contributed by atoms with Crippen LogP contribution in [0.1, 0.15) is 33.3 Å². The van der Waals surface area contributed by atoms with Gasteiger partial charge >= 0.3 is 29.0 Å². The summed E-state index contributed by atoms with van der Waals surface area (Å²) in [6, 6.07) is 60.6. The molecule has 95 heavy (non-hydrogen) atoms. The molecule has 27 heteroatoms. The zero-order valence-electron chi connectivity index (χ0n) is 53.9. The monoisotopic (exact) mass is 1460 g/mol. The number of anilines is 6. The van der Waals surface area contributed by atoms with Crippen molar-refractivity contribution in [2.24, 2.45) is 0 Å². The summed E-state index contributed by atoms with van der Waals surface area (Å²) < 4.78 is 50.0. The average Bonchev–Trinajstić information content (AvgIpc) is 0.795. The Balaban J connectivity index is 0.00000120. The van der Waals surface area contributed by atoms with Crippen molar-refractivity contribution in [2.75, 3.05) is 72.0 Å². The van der Waals surface area contributed by atoms with Crippen molar-refractivity contribution in [3.05, 3.63) is 206 Å². The normalized spacial score (nSPS) is 10.1. The maximum atomic E-state index is 13.6. The number of halogens is 4. The first-order valence-electron chi connectivity index (χ1n) is 27.1. The number of rotatable bonds is 19. The van der Waals surface area contributed by atoms with Crippen LogP contribution in [0.3, 0.4) is 0 Å². The van der Waals surface area contributed by atoms with E-state index in [1.165, 1.54) is 23.6 Å². The molecule has 0 saturated carbocycles. The average molecular weight is 1460 g/mol. The molecular formula is C68H71BrCl3MgN3O18S. The van der Waals surface area contributed by atoms with Crippen molar-refractivity contribution in [2.45, 2.75) is 33.3 Å². The summed E-state index contributed by atoms with van der Waals surface area (Å²) in [5.74, 6) is 1.46. The van der Waals surface area contributed by atoms with Gasteiger partial charge in [0, 0.05) is 82.0 Å². The van der Waals surface area contributed by atoms with Crippen molar-refractivity contribution in [1.82, 2.24) is 0 Å². The van der Waals surface area contributed by atoms with Crippen molar-refractivity contribution in [3.63, 3.8) is 0 Å². The molecule has 0 aliphatic rings. The van der Waals surface area contributed by atoms with Crippen molar-refractivity contribution in [1.29, 1.82) is 0 Å². The van der Waals surface area contributed by atoms with E-state index in [9.17, 15) is 38.7 Å². The Morgan fingerprint density at radius 2 is 0.653 bits per heavy atom. The van der Waals surface area contributed by atoms with Gasteiger partial charge in [-0.05, 0) is 182 Å². The number of carboxylic acid groups (broad SMARTS) is 1. The Kier molecular flexibility index (Phi) is 42.1. The standard InChI is InChI=1S/C24H25NO5.C17H17NO4.C14H15NO2.C7H7O.C3H3ClO2.C3H4O3.BrH.Cl2OS.Mg/c1-24(27,17-5-11-20(28-2)12-6-17)23(26)25(18-7-13-21(29-3)14-8-18)19-9-15-22(30-4)16-10-19;1-12(19)17(20)18(13-4-8-15(21-2)9-5-13)14-6-10-16(22-3)11-7-14;1-16-13-7-3-11(4-8-13)15-12-5-9-14(17-2)10-6-12;1-8-7-5-3-2-4-6-7;1-2(5)3(4)6;1-2(4)3(5)6;;1-4(2)3;/h5-16,27H,1-4H3;4-11H,1-3H3;3-10,15H,1-2H3;3-6H,1H3;1H3;1H3,(H,5,6);1H;;/q;;;-1;;;;;+2/p-1. The second kappa shape index (κ2) is 46.4. The van der Waals surface area contributed by atoms with Crippen molar-refractivity contribution in [3.8, 4) is 46.0 Å². The molecule has 0 aliphatic heterocycles. The predicted molar refractivity (Wildman–Crippen MR) is 366 cm³/mol. The Morgan fingerprint density at radius 3 is 0.863 bits per heavy atom. The van der Waals surface area contributed by atoms with Gasteiger partial charge in [-0.3, -0.25) is 38.6 Å². The molecular weight excluding hydrogens is 1390 g/mol.